The Bertz CT molecular complexity index is 1250. The molecule has 0 N–H and O–H groups in total. The van der Waals surface area contributed by atoms with Gasteiger partial charge in [-0.2, -0.15) is 0 Å². The normalized spacial score (nSPS) is 12.0. The molecule has 0 bridgehead atoms. The van der Waals surface area contributed by atoms with Gasteiger partial charge < -0.3 is 4.57 Å². The van der Waals surface area contributed by atoms with Crippen LogP contribution in [0.1, 0.15) is 36.1 Å². The molecule has 30 heavy (non-hydrogen) atoms. The van der Waals surface area contributed by atoms with Gasteiger partial charge in [0.15, 0.2) is 0 Å². The second-order valence-electron chi connectivity index (χ2n) is 7.17. The predicted octanol–water partition coefficient (Wildman–Crippen LogP) is 4.89. The zero-order chi connectivity index (χ0) is 21.1. The number of hydrogen-bond donors (Lipinski definition) is 0. The number of nitrogens with zero attached hydrogens (tertiary/aromatic N) is 3. The van der Waals surface area contributed by atoms with Crippen molar-refractivity contribution in [3.63, 3.8) is 0 Å². The van der Waals surface area contributed by atoms with Crippen molar-refractivity contribution in [3.05, 3.63) is 116 Å². The molecule has 4 aromatic rings. The molecule has 150 valence electrons. The molecule has 1 aromatic heterocycles. The fraction of sp³-hybridized carbons (Fsp3) is 0.167. The quantitative estimate of drug-likeness (QED) is 0.341. The summed E-state index contributed by atoms with van der Waals surface area (Å²) in [6.07, 6.45) is 0.752. The lowest BCUT2D eigenvalue weighted by atomic mass is 9.93. The summed E-state index contributed by atoms with van der Waals surface area (Å²) in [6.45, 7) is 2.37. The van der Waals surface area contributed by atoms with Crippen LogP contribution in [0.15, 0.2) is 83.7 Å². The Morgan fingerprint density at radius 2 is 1.63 bits per heavy atom. The Hall–Kier alpha value is -3.80. The van der Waals surface area contributed by atoms with Crippen molar-refractivity contribution in [2.45, 2.75) is 25.8 Å². The summed E-state index contributed by atoms with van der Waals surface area (Å²) in [5.41, 5.74) is 3.78. The van der Waals surface area contributed by atoms with Crippen LogP contribution in [0.3, 0.4) is 0 Å². The molecule has 0 saturated heterocycles. The monoisotopic (exact) mass is 399 g/mol. The van der Waals surface area contributed by atoms with Gasteiger partial charge >= 0.3 is 0 Å². The number of nitro groups is 1. The summed E-state index contributed by atoms with van der Waals surface area (Å²) in [4.78, 5) is 28.8. The number of para-hydroxylation sites is 2. The summed E-state index contributed by atoms with van der Waals surface area (Å²) in [7, 11) is 0. The molecule has 0 spiro atoms. The van der Waals surface area contributed by atoms with Crippen molar-refractivity contribution in [2.75, 3.05) is 0 Å². The van der Waals surface area contributed by atoms with E-state index in [1.807, 2.05) is 54.6 Å². The third-order valence-corrected chi connectivity index (χ3v) is 5.31. The van der Waals surface area contributed by atoms with Gasteiger partial charge in [-0.05, 0) is 29.7 Å². The second kappa shape index (κ2) is 8.29. The van der Waals surface area contributed by atoms with Gasteiger partial charge in [-0.15, -0.1) is 0 Å². The van der Waals surface area contributed by atoms with Crippen LogP contribution in [0.5, 0.6) is 0 Å². The van der Waals surface area contributed by atoms with Crippen LogP contribution >= 0.6 is 0 Å². The summed E-state index contributed by atoms with van der Waals surface area (Å²) >= 11 is 0. The number of nitro benzene ring substituents is 1. The van der Waals surface area contributed by atoms with E-state index in [1.54, 1.807) is 16.7 Å². The van der Waals surface area contributed by atoms with E-state index in [9.17, 15) is 14.9 Å². The first-order valence-electron chi connectivity index (χ1n) is 9.86. The maximum atomic E-state index is 13.5. The lowest BCUT2D eigenvalue weighted by molar-refractivity contribution is -0.384. The first-order valence-corrected chi connectivity index (χ1v) is 9.86. The first kappa shape index (κ1) is 19.5. The van der Waals surface area contributed by atoms with E-state index >= 15 is 0 Å². The lowest BCUT2D eigenvalue weighted by Crippen LogP contribution is -2.28. The lowest BCUT2D eigenvalue weighted by Gasteiger charge is -2.18. The molecule has 3 aromatic carbocycles. The number of rotatable bonds is 6. The largest absolute Gasteiger partial charge is 0.301 e. The fourth-order valence-electron chi connectivity index (χ4n) is 3.77. The predicted molar refractivity (Wildman–Crippen MR) is 117 cm³/mol. The molecule has 0 fully saturated rings. The molecular formula is C24H21N3O3. The van der Waals surface area contributed by atoms with Gasteiger partial charge in [0.05, 0.1) is 22.5 Å². The third-order valence-electron chi connectivity index (χ3n) is 5.31. The van der Waals surface area contributed by atoms with Crippen LogP contribution in [0.25, 0.3) is 11.0 Å². The average Bonchev–Trinajstić information content (AvgIpc) is 2.78. The van der Waals surface area contributed by atoms with E-state index in [1.165, 1.54) is 12.1 Å². The Balaban J connectivity index is 1.85. The standard InChI is InChI=1S/C24H21N3O3/c1-2-20(18-8-4-3-5-9-18)23-24(28)26(22-11-7-6-10-21(22)25-23)16-17-12-14-19(15-13-17)27(29)30/h3-15,20H,2,16H2,1H3. The summed E-state index contributed by atoms with van der Waals surface area (Å²) < 4.78 is 1.71. The van der Waals surface area contributed by atoms with Crippen molar-refractivity contribution in [1.82, 2.24) is 9.55 Å². The molecular weight excluding hydrogens is 378 g/mol. The van der Waals surface area contributed by atoms with Crippen molar-refractivity contribution >= 4 is 16.7 Å². The molecule has 1 unspecified atom stereocenters. The van der Waals surface area contributed by atoms with Gasteiger partial charge in [0.25, 0.3) is 11.2 Å². The Morgan fingerprint density at radius 1 is 0.967 bits per heavy atom. The topological polar surface area (TPSA) is 78.0 Å². The zero-order valence-electron chi connectivity index (χ0n) is 16.6. The Morgan fingerprint density at radius 3 is 2.30 bits per heavy atom. The summed E-state index contributed by atoms with van der Waals surface area (Å²) in [5.74, 6) is -0.105. The minimum Gasteiger partial charge on any atom is -0.301 e. The smallest absolute Gasteiger partial charge is 0.273 e. The van der Waals surface area contributed by atoms with Gasteiger partial charge in [-0.3, -0.25) is 14.9 Å². The zero-order valence-corrected chi connectivity index (χ0v) is 16.6. The number of benzene rings is 3. The molecule has 0 saturated carbocycles. The van der Waals surface area contributed by atoms with E-state index < -0.39 is 4.92 Å². The first-order chi connectivity index (χ1) is 14.6. The molecule has 0 aliphatic rings. The average molecular weight is 399 g/mol. The fourth-order valence-corrected chi connectivity index (χ4v) is 3.77. The molecule has 6 heteroatoms. The van der Waals surface area contributed by atoms with Gasteiger partial charge in [-0.1, -0.05) is 61.5 Å². The van der Waals surface area contributed by atoms with Crippen molar-refractivity contribution < 1.29 is 4.92 Å². The van der Waals surface area contributed by atoms with E-state index in [4.69, 9.17) is 4.98 Å². The van der Waals surface area contributed by atoms with Gasteiger partial charge in [0, 0.05) is 18.1 Å². The number of hydrogen-bond acceptors (Lipinski definition) is 4. The highest BCUT2D eigenvalue weighted by Crippen LogP contribution is 2.26. The van der Waals surface area contributed by atoms with E-state index in [0.29, 0.717) is 12.2 Å². The second-order valence-corrected chi connectivity index (χ2v) is 7.17. The van der Waals surface area contributed by atoms with Crippen LogP contribution in [-0.4, -0.2) is 14.5 Å². The van der Waals surface area contributed by atoms with Crippen molar-refractivity contribution in [3.8, 4) is 0 Å². The highest BCUT2D eigenvalue weighted by atomic mass is 16.6. The van der Waals surface area contributed by atoms with E-state index in [-0.39, 0.29) is 17.2 Å². The van der Waals surface area contributed by atoms with Crippen LogP contribution < -0.4 is 5.56 Å². The maximum Gasteiger partial charge on any atom is 0.273 e. The molecule has 0 radical (unpaired) electrons. The minimum atomic E-state index is -0.429. The van der Waals surface area contributed by atoms with Crippen molar-refractivity contribution in [1.29, 1.82) is 0 Å². The van der Waals surface area contributed by atoms with Gasteiger partial charge in [0.1, 0.15) is 5.69 Å². The SMILES string of the molecule is CCC(c1ccccc1)c1nc2ccccc2n(Cc2ccc([N+](=O)[O-])cc2)c1=O. The van der Waals surface area contributed by atoms with Gasteiger partial charge in [0.2, 0.25) is 0 Å². The summed E-state index contributed by atoms with van der Waals surface area (Å²) in [5, 5.41) is 10.9. The Kier molecular flexibility index (Phi) is 5.39. The molecule has 4 rings (SSSR count). The summed E-state index contributed by atoms with van der Waals surface area (Å²) in [6, 6.07) is 23.8. The number of fused-ring (bicyclic) bond motifs is 1. The highest BCUT2D eigenvalue weighted by Gasteiger charge is 2.20. The van der Waals surface area contributed by atoms with E-state index in [2.05, 4.69) is 6.92 Å². The molecule has 0 amide bonds. The van der Waals surface area contributed by atoms with E-state index in [0.717, 1.165) is 28.6 Å². The molecule has 6 nitrogen and oxygen atoms in total. The molecule has 1 atom stereocenters. The highest BCUT2D eigenvalue weighted by molar-refractivity contribution is 5.75. The number of non-ortho nitro benzene ring substituents is 1. The van der Waals surface area contributed by atoms with Crippen LogP contribution in [0.4, 0.5) is 5.69 Å². The van der Waals surface area contributed by atoms with Crippen LogP contribution in [0.2, 0.25) is 0 Å². The molecule has 0 aliphatic carbocycles. The number of aromatic nitrogens is 2. The van der Waals surface area contributed by atoms with Gasteiger partial charge in [-0.25, -0.2) is 4.98 Å². The van der Waals surface area contributed by atoms with Crippen LogP contribution in [0, 0.1) is 10.1 Å². The Labute approximate surface area is 173 Å². The third kappa shape index (κ3) is 3.72. The maximum absolute atomic E-state index is 13.5. The molecule has 0 aliphatic heterocycles. The van der Waals surface area contributed by atoms with Crippen LogP contribution in [-0.2, 0) is 6.54 Å². The van der Waals surface area contributed by atoms with Crippen molar-refractivity contribution in [2.24, 2.45) is 0 Å². The molecule has 1 heterocycles. The minimum absolute atomic E-state index is 0.0292.